The fourth-order valence-corrected chi connectivity index (χ4v) is 4.50. The smallest absolute Gasteiger partial charge is 0.00919 e. The summed E-state index contributed by atoms with van der Waals surface area (Å²) in [5.74, 6) is 3.68. The van der Waals surface area contributed by atoms with Gasteiger partial charge in [-0.3, -0.25) is 0 Å². The first-order valence-corrected chi connectivity index (χ1v) is 8.72. The number of hydrogen-bond donors (Lipinski definition) is 0. The van der Waals surface area contributed by atoms with Gasteiger partial charge in [0, 0.05) is 18.3 Å². The molecule has 2 aromatic rings. The molecule has 0 spiro atoms. The Labute approximate surface area is 144 Å². The molecule has 0 aliphatic heterocycles. The minimum absolute atomic E-state index is 0.0819. The molecule has 0 saturated heterocycles. The second kappa shape index (κ2) is 5.84. The summed E-state index contributed by atoms with van der Waals surface area (Å²) in [5.41, 5.74) is 5.66. The third kappa shape index (κ3) is 2.24. The summed E-state index contributed by atoms with van der Waals surface area (Å²) in [6, 6.07) is 17.5. The number of fused-ring (bicyclic) bond motifs is 2. The lowest BCUT2D eigenvalue weighted by molar-refractivity contribution is 0.237. The first-order chi connectivity index (χ1) is 11.7. The summed E-state index contributed by atoms with van der Waals surface area (Å²) in [6.45, 7) is 2.42. The van der Waals surface area contributed by atoms with E-state index in [1.54, 1.807) is 0 Å². The standard InChI is InChI=1S/C24H22/c1-3-4-17-24(2,22-15-13-18-9-5-7-11-20(18)22)23-16-14-19-10-6-8-12-21(19)23/h1,5-16,22-23H,4,17H2,2H3. The van der Waals surface area contributed by atoms with Gasteiger partial charge in [0.1, 0.15) is 0 Å². The quantitative estimate of drug-likeness (QED) is 0.605. The van der Waals surface area contributed by atoms with E-state index in [9.17, 15) is 0 Å². The monoisotopic (exact) mass is 310 g/mol. The molecule has 0 saturated carbocycles. The molecule has 2 atom stereocenters. The van der Waals surface area contributed by atoms with Crippen LogP contribution in [0.2, 0.25) is 0 Å². The molecule has 2 aliphatic carbocycles. The van der Waals surface area contributed by atoms with Gasteiger partial charge in [-0.05, 0) is 34.1 Å². The van der Waals surface area contributed by atoms with E-state index in [-0.39, 0.29) is 5.41 Å². The molecule has 0 radical (unpaired) electrons. The topological polar surface area (TPSA) is 0 Å². The van der Waals surface area contributed by atoms with E-state index in [1.807, 2.05) is 0 Å². The lowest BCUT2D eigenvalue weighted by Gasteiger charge is -2.41. The predicted octanol–water partition coefficient (Wildman–Crippen LogP) is 6.03. The van der Waals surface area contributed by atoms with Gasteiger partial charge in [0.25, 0.3) is 0 Å². The molecule has 0 N–H and O–H groups in total. The molecular weight excluding hydrogens is 288 g/mol. The summed E-state index contributed by atoms with van der Waals surface area (Å²) in [7, 11) is 0. The van der Waals surface area contributed by atoms with Crippen molar-refractivity contribution >= 4 is 12.2 Å². The van der Waals surface area contributed by atoms with Crippen LogP contribution in [0.3, 0.4) is 0 Å². The third-order valence-corrected chi connectivity index (χ3v) is 5.83. The van der Waals surface area contributed by atoms with Crippen LogP contribution in [-0.4, -0.2) is 0 Å². The van der Waals surface area contributed by atoms with Crippen LogP contribution >= 0.6 is 0 Å². The molecule has 0 heterocycles. The zero-order chi connectivity index (χ0) is 16.6. The van der Waals surface area contributed by atoms with E-state index in [0.29, 0.717) is 11.8 Å². The van der Waals surface area contributed by atoms with Crippen LogP contribution < -0.4 is 0 Å². The Bertz CT molecular complexity index is 798. The van der Waals surface area contributed by atoms with Crippen molar-refractivity contribution in [1.82, 2.24) is 0 Å². The molecule has 2 aliphatic rings. The molecule has 24 heavy (non-hydrogen) atoms. The first kappa shape index (κ1) is 15.0. The molecule has 0 nitrogen and oxygen atoms in total. The maximum atomic E-state index is 5.64. The Hall–Kier alpha value is -2.52. The summed E-state index contributed by atoms with van der Waals surface area (Å²) in [5, 5.41) is 0. The van der Waals surface area contributed by atoms with Crippen molar-refractivity contribution in [3.05, 3.63) is 82.9 Å². The van der Waals surface area contributed by atoms with Gasteiger partial charge in [0.2, 0.25) is 0 Å². The summed E-state index contributed by atoms with van der Waals surface area (Å²) in [6.07, 6.45) is 16.8. The van der Waals surface area contributed by atoms with E-state index in [2.05, 4.69) is 85.7 Å². The van der Waals surface area contributed by atoms with Gasteiger partial charge in [-0.25, -0.2) is 0 Å². The average Bonchev–Trinajstić information content (AvgIpc) is 3.24. The minimum Gasteiger partial charge on any atom is -0.120 e. The Kier molecular flexibility index (Phi) is 3.66. The lowest BCUT2D eigenvalue weighted by Crippen LogP contribution is -2.30. The van der Waals surface area contributed by atoms with Crippen LogP contribution in [0.15, 0.2) is 60.7 Å². The normalized spacial score (nSPS) is 22.7. The summed E-state index contributed by atoms with van der Waals surface area (Å²) in [4.78, 5) is 0. The zero-order valence-corrected chi connectivity index (χ0v) is 14.1. The van der Waals surface area contributed by atoms with Crippen molar-refractivity contribution in [3.63, 3.8) is 0 Å². The van der Waals surface area contributed by atoms with Crippen molar-refractivity contribution < 1.29 is 0 Å². The number of rotatable bonds is 4. The van der Waals surface area contributed by atoms with Gasteiger partial charge < -0.3 is 0 Å². The van der Waals surface area contributed by atoms with Crippen LogP contribution in [0.25, 0.3) is 12.2 Å². The maximum Gasteiger partial charge on any atom is 0.00919 e. The molecule has 118 valence electrons. The predicted molar refractivity (Wildman–Crippen MR) is 103 cm³/mol. The van der Waals surface area contributed by atoms with Crippen molar-refractivity contribution in [1.29, 1.82) is 0 Å². The third-order valence-electron chi connectivity index (χ3n) is 5.83. The van der Waals surface area contributed by atoms with E-state index in [1.165, 1.54) is 22.3 Å². The first-order valence-electron chi connectivity index (χ1n) is 8.72. The molecule has 0 fully saturated rings. The van der Waals surface area contributed by atoms with E-state index >= 15 is 0 Å². The van der Waals surface area contributed by atoms with Crippen LogP contribution in [0, 0.1) is 17.8 Å². The molecule has 0 aromatic heterocycles. The Morgan fingerprint density at radius 1 is 0.875 bits per heavy atom. The molecule has 0 heteroatoms. The lowest BCUT2D eigenvalue weighted by atomic mass is 9.62. The Morgan fingerprint density at radius 3 is 1.88 bits per heavy atom. The van der Waals surface area contributed by atoms with Crippen LogP contribution in [0.5, 0.6) is 0 Å². The second-order valence-electron chi connectivity index (χ2n) is 7.14. The van der Waals surface area contributed by atoms with Gasteiger partial charge in [0.15, 0.2) is 0 Å². The maximum absolute atomic E-state index is 5.64. The van der Waals surface area contributed by atoms with Crippen LogP contribution in [0.4, 0.5) is 0 Å². The van der Waals surface area contributed by atoms with E-state index < -0.39 is 0 Å². The SMILES string of the molecule is C#CCCC(C)(C1C=Cc2ccccc21)C1C=Cc2ccccc21. The van der Waals surface area contributed by atoms with Gasteiger partial charge in [-0.2, -0.15) is 0 Å². The minimum atomic E-state index is 0.0819. The number of allylic oxidation sites excluding steroid dienone is 2. The highest BCUT2D eigenvalue weighted by atomic mass is 14.5. The summed E-state index contributed by atoms with van der Waals surface area (Å²) >= 11 is 0. The fourth-order valence-electron chi connectivity index (χ4n) is 4.50. The number of benzene rings is 2. The fraction of sp³-hybridized carbons (Fsp3) is 0.250. The highest BCUT2D eigenvalue weighted by molar-refractivity contribution is 5.66. The molecule has 2 aromatic carbocycles. The molecule has 0 amide bonds. The van der Waals surface area contributed by atoms with E-state index in [0.717, 1.165) is 12.8 Å². The van der Waals surface area contributed by atoms with Crippen molar-refractivity contribution in [3.8, 4) is 12.3 Å². The molecule has 4 rings (SSSR count). The van der Waals surface area contributed by atoms with Gasteiger partial charge in [-0.1, -0.05) is 79.8 Å². The van der Waals surface area contributed by atoms with Crippen molar-refractivity contribution in [2.45, 2.75) is 31.6 Å². The molecule has 2 unspecified atom stereocenters. The van der Waals surface area contributed by atoms with Gasteiger partial charge in [0.05, 0.1) is 0 Å². The van der Waals surface area contributed by atoms with Gasteiger partial charge >= 0.3 is 0 Å². The van der Waals surface area contributed by atoms with Crippen molar-refractivity contribution in [2.75, 3.05) is 0 Å². The Morgan fingerprint density at radius 2 is 1.38 bits per heavy atom. The Balaban J connectivity index is 1.80. The second-order valence-corrected chi connectivity index (χ2v) is 7.14. The van der Waals surface area contributed by atoms with Crippen molar-refractivity contribution in [2.24, 2.45) is 5.41 Å². The highest BCUT2D eigenvalue weighted by Crippen LogP contribution is 2.56. The van der Waals surface area contributed by atoms with Crippen LogP contribution in [-0.2, 0) is 0 Å². The van der Waals surface area contributed by atoms with Gasteiger partial charge in [-0.15, -0.1) is 12.3 Å². The summed E-state index contributed by atoms with van der Waals surface area (Å²) < 4.78 is 0. The van der Waals surface area contributed by atoms with Crippen LogP contribution in [0.1, 0.15) is 53.9 Å². The average molecular weight is 310 g/mol. The molecular formula is C24H22. The number of hydrogen-bond acceptors (Lipinski definition) is 0. The highest BCUT2D eigenvalue weighted by Gasteiger charge is 2.43. The zero-order valence-electron chi connectivity index (χ0n) is 14.1. The van der Waals surface area contributed by atoms with E-state index in [4.69, 9.17) is 6.42 Å². The molecule has 0 bridgehead atoms. The largest absolute Gasteiger partial charge is 0.120 e. The number of terminal acetylenes is 1.